The molecule has 0 radical (unpaired) electrons. The van der Waals surface area contributed by atoms with Crippen LogP contribution in [0.15, 0.2) is 35.9 Å². The van der Waals surface area contributed by atoms with Crippen LogP contribution in [-0.2, 0) is 0 Å². The molecule has 0 aromatic heterocycles. The first-order chi connectivity index (χ1) is 7.41. The molecule has 2 rings (SSSR count). The summed E-state index contributed by atoms with van der Waals surface area (Å²) in [7, 11) is 0. The van der Waals surface area contributed by atoms with Crippen LogP contribution in [0.5, 0.6) is 0 Å². The molecule has 0 spiro atoms. The lowest BCUT2D eigenvalue weighted by molar-refractivity contribution is -0.0859. The van der Waals surface area contributed by atoms with E-state index in [0.717, 1.165) is 0 Å². The molecule has 5 heteroatoms. The van der Waals surface area contributed by atoms with E-state index in [1.54, 1.807) is 12.1 Å². The summed E-state index contributed by atoms with van der Waals surface area (Å²) < 4.78 is 37.7. The summed E-state index contributed by atoms with van der Waals surface area (Å²) in [4.78, 5) is 11.1. The van der Waals surface area contributed by atoms with Crippen molar-refractivity contribution in [1.29, 1.82) is 0 Å². The Morgan fingerprint density at radius 3 is 2.19 bits per heavy atom. The minimum atomic E-state index is -4.58. The van der Waals surface area contributed by atoms with E-state index in [1.165, 1.54) is 12.1 Å². The Kier molecular flexibility index (Phi) is 2.42. The van der Waals surface area contributed by atoms with Gasteiger partial charge in [0.05, 0.1) is 10.4 Å². The molecule has 0 heterocycles. The first kappa shape index (κ1) is 11.0. The van der Waals surface area contributed by atoms with Crippen molar-refractivity contribution >= 4 is 22.9 Å². The fraction of sp³-hybridized carbons (Fsp3) is 0.0909. The highest BCUT2D eigenvalue weighted by molar-refractivity contribution is 7.81. The minimum absolute atomic E-state index is 0.178. The molecule has 1 aliphatic rings. The summed E-state index contributed by atoms with van der Waals surface area (Å²) in [6.45, 7) is 0. The standard InChI is InChI=1S/C11H5F3OS/c12-11(13,14)8-5-9(15)6-3-1-2-4-7(6)10(8)16/h1-5H. The largest absolute Gasteiger partial charge is 0.417 e. The van der Waals surface area contributed by atoms with Gasteiger partial charge in [-0.2, -0.15) is 13.2 Å². The van der Waals surface area contributed by atoms with Gasteiger partial charge in [-0.1, -0.05) is 36.5 Å². The smallest absolute Gasteiger partial charge is 0.289 e. The molecule has 0 bridgehead atoms. The molecule has 0 unspecified atom stereocenters. The summed E-state index contributed by atoms with van der Waals surface area (Å²) in [5, 5.41) is 0. The monoisotopic (exact) mass is 242 g/mol. The second kappa shape index (κ2) is 3.52. The Bertz CT molecular complexity index is 514. The maximum Gasteiger partial charge on any atom is 0.417 e. The first-order valence-corrected chi connectivity index (χ1v) is 4.79. The third kappa shape index (κ3) is 1.67. The van der Waals surface area contributed by atoms with Gasteiger partial charge in [-0.05, 0) is 6.08 Å². The summed E-state index contributed by atoms with van der Waals surface area (Å²) >= 11 is 4.74. The van der Waals surface area contributed by atoms with Crippen LogP contribution >= 0.6 is 12.2 Å². The van der Waals surface area contributed by atoms with Crippen LogP contribution < -0.4 is 0 Å². The van der Waals surface area contributed by atoms with E-state index in [9.17, 15) is 18.0 Å². The van der Waals surface area contributed by atoms with E-state index < -0.39 is 17.5 Å². The van der Waals surface area contributed by atoms with Gasteiger partial charge >= 0.3 is 6.18 Å². The molecule has 0 saturated carbocycles. The Hall–Kier alpha value is -1.49. The van der Waals surface area contributed by atoms with Crippen LogP contribution in [0, 0.1) is 0 Å². The average Bonchev–Trinajstić information content (AvgIpc) is 2.22. The lowest BCUT2D eigenvalue weighted by atomic mass is 9.90. The summed E-state index contributed by atoms with van der Waals surface area (Å²) in [5.41, 5.74) is -0.635. The van der Waals surface area contributed by atoms with Gasteiger partial charge in [0.15, 0.2) is 5.78 Å². The topological polar surface area (TPSA) is 17.1 Å². The number of halogens is 3. The maximum atomic E-state index is 12.6. The predicted octanol–water partition coefficient (Wildman–Crippen LogP) is 3.09. The lowest BCUT2D eigenvalue weighted by Crippen LogP contribution is -2.25. The Morgan fingerprint density at radius 2 is 1.62 bits per heavy atom. The van der Waals surface area contributed by atoms with Crippen LogP contribution in [-0.4, -0.2) is 16.8 Å². The van der Waals surface area contributed by atoms with E-state index in [2.05, 4.69) is 0 Å². The highest BCUT2D eigenvalue weighted by Crippen LogP contribution is 2.33. The quantitative estimate of drug-likeness (QED) is 0.650. The number of ketones is 1. The fourth-order valence-corrected chi connectivity index (χ4v) is 1.88. The highest BCUT2D eigenvalue weighted by Gasteiger charge is 2.40. The third-order valence-electron chi connectivity index (χ3n) is 2.26. The molecule has 16 heavy (non-hydrogen) atoms. The van der Waals surface area contributed by atoms with Gasteiger partial charge in [0.2, 0.25) is 0 Å². The SMILES string of the molecule is O=C1C=C(C(F)(F)F)C(=S)c2ccccc21. The molecule has 0 saturated heterocycles. The Morgan fingerprint density at radius 1 is 1.06 bits per heavy atom. The van der Waals surface area contributed by atoms with Gasteiger partial charge in [0.1, 0.15) is 0 Å². The zero-order valence-electron chi connectivity index (χ0n) is 7.84. The Balaban J connectivity index is 2.61. The van der Waals surface area contributed by atoms with Crippen LogP contribution in [0.1, 0.15) is 15.9 Å². The van der Waals surface area contributed by atoms with Crippen LogP contribution in [0.4, 0.5) is 13.2 Å². The van der Waals surface area contributed by atoms with Gasteiger partial charge < -0.3 is 0 Å². The van der Waals surface area contributed by atoms with E-state index in [-0.39, 0.29) is 16.0 Å². The summed E-state index contributed by atoms with van der Waals surface area (Å²) in [6.07, 6.45) is -4.02. The van der Waals surface area contributed by atoms with Crippen molar-refractivity contribution in [2.24, 2.45) is 0 Å². The van der Waals surface area contributed by atoms with Gasteiger partial charge in [-0.25, -0.2) is 0 Å². The van der Waals surface area contributed by atoms with E-state index in [0.29, 0.717) is 6.08 Å². The van der Waals surface area contributed by atoms with Crippen LogP contribution in [0.2, 0.25) is 0 Å². The number of fused-ring (bicyclic) bond motifs is 1. The van der Waals surface area contributed by atoms with Gasteiger partial charge in [-0.3, -0.25) is 4.79 Å². The van der Waals surface area contributed by atoms with Gasteiger partial charge in [-0.15, -0.1) is 0 Å². The number of carbonyl (C=O) groups excluding carboxylic acids is 1. The molecule has 0 atom stereocenters. The lowest BCUT2D eigenvalue weighted by Gasteiger charge is -2.18. The second-order valence-corrected chi connectivity index (χ2v) is 3.70. The molecule has 0 N–H and O–H groups in total. The van der Waals surface area contributed by atoms with Gasteiger partial charge in [0, 0.05) is 11.1 Å². The molecular formula is C11H5F3OS. The number of thiocarbonyl (C=S) groups is 1. The average molecular weight is 242 g/mol. The number of hydrogen-bond acceptors (Lipinski definition) is 2. The Labute approximate surface area is 94.6 Å². The van der Waals surface area contributed by atoms with Crippen LogP contribution in [0.25, 0.3) is 0 Å². The van der Waals surface area contributed by atoms with Crippen molar-refractivity contribution in [2.75, 3.05) is 0 Å². The van der Waals surface area contributed by atoms with E-state index >= 15 is 0 Å². The number of allylic oxidation sites excluding steroid dienone is 2. The van der Waals surface area contributed by atoms with E-state index in [1.807, 2.05) is 0 Å². The zero-order valence-corrected chi connectivity index (χ0v) is 8.65. The third-order valence-corrected chi connectivity index (χ3v) is 2.70. The van der Waals surface area contributed by atoms with Crippen molar-refractivity contribution in [3.63, 3.8) is 0 Å². The molecular weight excluding hydrogens is 237 g/mol. The molecule has 0 fully saturated rings. The fourth-order valence-electron chi connectivity index (χ4n) is 1.53. The van der Waals surface area contributed by atoms with E-state index in [4.69, 9.17) is 12.2 Å². The minimum Gasteiger partial charge on any atom is -0.289 e. The second-order valence-electron chi connectivity index (χ2n) is 3.29. The van der Waals surface area contributed by atoms with Crippen molar-refractivity contribution in [3.8, 4) is 0 Å². The number of rotatable bonds is 0. The molecule has 1 aliphatic carbocycles. The van der Waals surface area contributed by atoms with Crippen LogP contribution in [0.3, 0.4) is 0 Å². The van der Waals surface area contributed by atoms with Crippen molar-refractivity contribution in [3.05, 3.63) is 47.0 Å². The van der Waals surface area contributed by atoms with Crippen molar-refractivity contribution in [1.82, 2.24) is 0 Å². The number of carbonyl (C=O) groups is 1. The maximum absolute atomic E-state index is 12.6. The molecule has 1 aromatic rings. The first-order valence-electron chi connectivity index (χ1n) is 4.38. The molecule has 1 nitrogen and oxygen atoms in total. The number of alkyl halides is 3. The molecule has 82 valence electrons. The summed E-state index contributed by atoms with van der Waals surface area (Å²) in [5.74, 6) is -0.656. The van der Waals surface area contributed by atoms with Crippen molar-refractivity contribution in [2.45, 2.75) is 6.18 Å². The van der Waals surface area contributed by atoms with Gasteiger partial charge in [0.25, 0.3) is 0 Å². The molecule has 0 amide bonds. The normalized spacial score (nSPS) is 15.8. The predicted molar refractivity (Wildman–Crippen MR) is 56.6 cm³/mol. The van der Waals surface area contributed by atoms with Crippen molar-refractivity contribution < 1.29 is 18.0 Å². The molecule has 1 aromatic carbocycles. The zero-order chi connectivity index (χ0) is 11.9. The number of benzene rings is 1. The highest BCUT2D eigenvalue weighted by atomic mass is 32.1. The molecule has 0 aliphatic heterocycles. The number of hydrogen-bond donors (Lipinski definition) is 0. The summed E-state index contributed by atoms with van der Waals surface area (Å²) in [6, 6.07) is 6.03.